The van der Waals surface area contributed by atoms with Gasteiger partial charge in [-0.3, -0.25) is 9.59 Å². The third kappa shape index (κ3) is 4.97. The minimum Gasteiger partial charge on any atom is -0.375 e. The first-order valence-electron chi connectivity index (χ1n) is 9.48. The van der Waals surface area contributed by atoms with Crippen LogP contribution in [0.1, 0.15) is 32.1 Å². The molecule has 5 nitrogen and oxygen atoms in total. The molecule has 1 aromatic carbocycles. The zero-order valence-corrected chi connectivity index (χ0v) is 15.1. The largest absolute Gasteiger partial charge is 0.375 e. The van der Waals surface area contributed by atoms with Crippen LogP contribution in [0.2, 0.25) is 0 Å². The lowest BCUT2D eigenvalue weighted by molar-refractivity contribution is -0.136. The highest BCUT2D eigenvalue weighted by molar-refractivity contribution is 5.82. The molecule has 0 spiro atoms. The summed E-state index contributed by atoms with van der Waals surface area (Å²) in [6, 6.07) is 10.3. The molecule has 1 N–H and O–H groups in total. The third-order valence-corrected chi connectivity index (χ3v) is 5.27. The van der Waals surface area contributed by atoms with Crippen LogP contribution in [0.4, 0.5) is 5.69 Å². The molecule has 1 saturated heterocycles. The maximum absolute atomic E-state index is 12.3. The highest BCUT2D eigenvalue weighted by Gasteiger charge is 2.35. The zero-order valence-electron chi connectivity index (χ0n) is 15.1. The van der Waals surface area contributed by atoms with Gasteiger partial charge < -0.3 is 15.1 Å². The van der Waals surface area contributed by atoms with Gasteiger partial charge in [-0.1, -0.05) is 18.2 Å². The molecule has 1 heterocycles. The number of hydrogen-bond acceptors (Lipinski definition) is 3. The van der Waals surface area contributed by atoms with E-state index in [0.717, 1.165) is 51.7 Å². The molecule has 1 aliphatic heterocycles. The Morgan fingerprint density at radius 2 is 1.76 bits per heavy atom. The van der Waals surface area contributed by atoms with Crippen LogP contribution in [-0.4, -0.2) is 49.9 Å². The van der Waals surface area contributed by atoms with Gasteiger partial charge in [-0.15, -0.1) is 0 Å². The second kappa shape index (κ2) is 8.37. The summed E-state index contributed by atoms with van der Waals surface area (Å²) in [4.78, 5) is 28.5. The second-order valence-corrected chi connectivity index (χ2v) is 7.28. The van der Waals surface area contributed by atoms with Crippen molar-refractivity contribution >= 4 is 17.5 Å². The van der Waals surface area contributed by atoms with Crippen molar-refractivity contribution in [3.05, 3.63) is 30.3 Å². The van der Waals surface area contributed by atoms with Gasteiger partial charge in [-0.05, 0) is 44.2 Å². The molecular weight excluding hydrogens is 314 g/mol. The van der Waals surface area contributed by atoms with E-state index in [-0.39, 0.29) is 17.7 Å². The van der Waals surface area contributed by atoms with Crippen LogP contribution >= 0.6 is 0 Å². The van der Waals surface area contributed by atoms with Crippen molar-refractivity contribution in [3.8, 4) is 0 Å². The molecule has 2 amide bonds. The lowest BCUT2D eigenvalue weighted by Crippen LogP contribution is -2.43. The molecule has 1 aromatic rings. The summed E-state index contributed by atoms with van der Waals surface area (Å²) in [5.41, 5.74) is 1.20. The van der Waals surface area contributed by atoms with E-state index in [1.807, 2.05) is 23.1 Å². The highest BCUT2D eigenvalue weighted by Crippen LogP contribution is 2.32. The maximum atomic E-state index is 12.3. The maximum Gasteiger partial charge on any atom is 0.225 e. The zero-order chi connectivity index (χ0) is 17.6. The van der Waals surface area contributed by atoms with E-state index in [1.54, 1.807) is 0 Å². The smallest absolute Gasteiger partial charge is 0.225 e. The van der Waals surface area contributed by atoms with E-state index >= 15 is 0 Å². The Morgan fingerprint density at radius 1 is 1.08 bits per heavy atom. The van der Waals surface area contributed by atoms with Crippen LogP contribution in [0.5, 0.6) is 0 Å². The Labute approximate surface area is 150 Å². The summed E-state index contributed by atoms with van der Waals surface area (Å²) >= 11 is 0. The Morgan fingerprint density at radius 3 is 2.40 bits per heavy atom. The van der Waals surface area contributed by atoms with Gasteiger partial charge in [0.1, 0.15) is 0 Å². The van der Waals surface area contributed by atoms with Crippen LogP contribution in [0.25, 0.3) is 0 Å². The lowest BCUT2D eigenvalue weighted by Gasteiger charge is -2.31. The normalized spacial score (nSPS) is 18.0. The second-order valence-electron chi connectivity index (χ2n) is 7.28. The fourth-order valence-corrected chi connectivity index (χ4v) is 3.43. The fourth-order valence-electron chi connectivity index (χ4n) is 3.43. The number of hydrogen-bond donors (Lipinski definition) is 1. The van der Waals surface area contributed by atoms with Gasteiger partial charge >= 0.3 is 0 Å². The molecule has 5 heteroatoms. The first-order valence-corrected chi connectivity index (χ1v) is 9.48. The van der Waals surface area contributed by atoms with Gasteiger partial charge in [-0.25, -0.2) is 0 Å². The predicted octanol–water partition coefficient (Wildman–Crippen LogP) is 2.28. The third-order valence-electron chi connectivity index (χ3n) is 5.27. The number of piperidine rings is 1. The van der Waals surface area contributed by atoms with E-state index < -0.39 is 0 Å². The minimum atomic E-state index is 0.0649. The molecule has 3 rings (SSSR count). The lowest BCUT2D eigenvalue weighted by atomic mass is 9.95. The topological polar surface area (TPSA) is 52.7 Å². The van der Waals surface area contributed by atoms with Crippen LogP contribution in [-0.2, 0) is 9.59 Å². The number of para-hydroxylation sites is 1. The van der Waals surface area contributed by atoms with Gasteiger partial charge in [-0.2, -0.15) is 0 Å². The highest BCUT2D eigenvalue weighted by atomic mass is 16.2. The summed E-state index contributed by atoms with van der Waals surface area (Å²) in [5, 5.41) is 3.07. The number of rotatable bonds is 7. The van der Waals surface area contributed by atoms with Gasteiger partial charge in [0.2, 0.25) is 11.8 Å². The molecule has 0 unspecified atom stereocenters. The molecule has 0 aromatic heterocycles. The van der Waals surface area contributed by atoms with Crippen LogP contribution in [0.3, 0.4) is 0 Å². The van der Waals surface area contributed by atoms with E-state index in [1.165, 1.54) is 5.69 Å². The molecule has 136 valence electrons. The Balaban J connectivity index is 1.31. The van der Waals surface area contributed by atoms with Crippen molar-refractivity contribution in [2.45, 2.75) is 32.1 Å². The summed E-state index contributed by atoms with van der Waals surface area (Å²) in [5.74, 6) is 0.811. The van der Waals surface area contributed by atoms with Gasteiger partial charge in [0, 0.05) is 50.7 Å². The Hall–Kier alpha value is -2.04. The Kier molecular flexibility index (Phi) is 5.95. The molecule has 0 bridgehead atoms. The minimum absolute atomic E-state index is 0.0649. The number of anilines is 1. The number of likely N-dealkylation sites (tertiary alicyclic amines) is 1. The molecule has 0 radical (unpaired) electrons. The monoisotopic (exact) mass is 343 g/mol. The summed E-state index contributed by atoms with van der Waals surface area (Å²) in [6.07, 6.45) is 4.63. The van der Waals surface area contributed by atoms with E-state index in [2.05, 4.69) is 29.4 Å². The summed E-state index contributed by atoms with van der Waals surface area (Å²) in [7, 11) is 2.07. The van der Waals surface area contributed by atoms with Crippen molar-refractivity contribution in [1.29, 1.82) is 0 Å². The fraction of sp³-hybridized carbons (Fsp3) is 0.600. The van der Waals surface area contributed by atoms with Crippen LogP contribution < -0.4 is 10.2 Å². The van der Waals surface area contributed by atoms with Crippen molar-refractivity contribution in [2.75, 3.05) is 38.1 Å². The first-order chi connectivity index (χ1) is 12.1. The number of nitrogens with one attached hydrogen (secondary N) is 1. The van der Waals surface area contributed by atoms with Crippen molar-refractivity contribution in [1.82, 2.24) is 10.2 Å². The quantitative estimate of drug-likeness (QED) is 0.773. The molecule has 2 aliphatic rings. The summed E-state index contributed by atoms with van der Waals surface area (Å²) < 4.78 is 0. The molecule has 2 fully saturated rings. The van der Waals surface area contributed by atoms with Crippen LogP contribution in [0.15, 0.2) is 30.3 Å². The van der Waals surface area contributed by atoms with Crippen LogP contribution in [0, 0.1) is 11.8 Å². The van der Waals surface area contributed by atoms with Crippen molar-refractivity contribution in [3.63, 3.8) is 0 Å². The van der Waals surface area contributed by atoms with E-state index in [4.69, 9.17) is 0 Å². The molecular formula is C20H29N3O2. The number of benzene rings is 1. The van der Waals surface area contributed by atoms with Crippen molar-refractivity contribution < 1.29 is 9.59 Å². The number of carbonyl (C=O) groups excluding carboxylic acids is 2. The molecule has 1 aliphatic carbocycles. The average molecular weight is 343 g/mol. The summed E-state index contributed by atoms with van der Waals surface area (Å²) in [6.45, 7) is 3.10. The SMILES string of the molecule is CN(CCCNC(=O)C1CCN(C(=O)C2CC2)CC1)c1ccccc1. The van der Waals surface area contributed by atoms with Gasteiger partial charge in [0.15, 0.2) is 0 Å². The number of nitrogens with zero attached hydrogens (tertiary/aromatic N) is 2. The molecule has 0 atom stereocenters. The molecule has 25 heavy (non-hydrogen) atoms. The van der Waals surface area contributed by atoms with E-state index in [9.17, 15) is 9.59 Å². The number of amides is 2. The standard InChI is InChI=1S/C20H29N3O2/c1-22(18-6-3-2-4-7-18)13-5-12-21-19(24)16-10-14-23(15-11-16)20(25)17-8-9-17/h2-4,6-7,16-17H,5,8-15H2,1H3,(H,21,24). The average Bonchev–Trinajstić information content (AvgIpc) is 3.50. The first kappa shape index (κ1) is 17.8. The molecule has 1 saturated carbocycles. The van der Waals surface area contributed by atoms with Gasteiger partial charge in [0.05, 0.1) is 0 Å². The van der Waals surface area contributed by atoms with Crippen molar-refractivity contribution in [2.24, 2.45) is 11.8 Å². The van der Waals surface area contributed by atoms with Gasteiger partial charge in [0.25, 0.3) is 0 Å². The van der Waals surface area contributed by atoms with E-state index in [0.29, 0.717) is 12.5 Å². The predicted molar refractivity (Wildman–Crippen MR) is 99.4 cm³/mol. The number of carbonyl (C=O) groups is 2. The Bertz CT molecular complexity index is 578.